The number of hydrogen-bond donors (Lipinski definition) is 2. The van der Waals surface area contributed by atoms with Crippen molar-refractivity contribution in [2.75, 3.05) is 11.9 Å². The summed E-state index contributed by atoms with van der Waals surface area (Å²) in [4.78, 5) is 0. The molecule has 0 bridgehead atoms. The normalized spacial score (nSPS) is 10.6. The summed E-state index contributed by atoms with van der Waals surface area (Å²) >= 11 is 11.4. The third-order valence-corrected chi connectivity index (χ3v) is 4.58. The maximum absolute atomic E-state index is 6.20. The summed E-state index contributed by atoms with van der Waals surface area (Å²) < 4.78 is 11.6. The van der Waals surface area contributed by atoms with Gasteiger partial charge < -0.3 is 14.8 Å². The largest absolute Gasteiger partial charge is 0.490 e. The summed E-state index contributed by atoms with van der Waals surface area (Å²) in [6.07, 6.45) is 1.67. The average Bonchev–Trinajstić information content (AvgIpc) is 2.75. The molecule has 7 heteroatoms. The first-order valence-corrected chi connectivity index (χ1v) is 10.2. The summed E-state index contributed by atoms with van der Waals surface area (Å²) in [5.41, 5.74) is 5.45. The Bertz CT molecular complexity index is 1010. The zero-order chi connectivity index (χ0) is 21.2. The molecule has 154 valence electrons. The number of ether oxygens (including phenoxy) is 2. The zero-order valence-corrected chi connectivity index (χ0v) is 18.0. The van der Waals surface area contributed by atoms with Crippen LogP contribution >= 0.6 is 23.8 Å². The van der Waals surface area contributed by atoms with Crippen molar-refractivity contribution in [3.05, 3.63) is 88.9 Å². The lowest BCUT2D eigenvalue weighted by Gasteiger charge is -2.13. The SMILES string of the molecule is CCOc1cc(/C=N\NC(=S)Nc2ccccc2)ccc1OCc1ccccc1Cl. The minimum Gasteiger partial charge on any atom is -0.490 e. The van der Waals surface area contributed by atoms with Crippen LogP contribution in [0.3, 0.4) is 0 Å². The maximum atomic E-state index is 6.20. The molecule has 0 spiro atoms. The van der Waals surface area contributed by atoms with E-state index in [1.54, 1.807) is 6.21 Å². The fourth-order valence-corrected chi connectivity index (χ4v) is 2.97. The van der Waals surface area contributed by atoms with Crippen molar-refractivity contribution in [2.24, 2.45) is 5.10 Å². The smallest absolute Gasteiger partial charge is 0.191 e. The van der Waals surface area contributed by atoms with Crippen LogP contribution in [0.5, 0.6) is 11.5 Å². The molecule has 0 saturated heterocycles. The molecule has 0 unspecified atom stereocenters. The van der Waals surface area contributed by atoms with Gasteiger partial charge in [0.15, 0.2) is 16.6 Å². The standard InChI is InChI=1S/C23H22ClN3O2S/c1-2-28-22-14-17(15-25-27-23(30)26-19-9-4-3-5-10-19)12-13-21(22)29-16-18-8-6-7-11-20(18)24/h3-15H,2,16H2,1H3,(H2,26,27,30)/b25-15-. The van der Waals surface area contributed by atoms with Gasteiger partial charge in [-0.3, -0.25) is 5.43 Å². The van der Waals surface area contributed by atoms with Gasteiger partial charge in [-0.15, -0.1) is 0 Å². The number of rotatable bonds is 8. The lowest BCUT2D eigenvalue weighted by Crippen LogP contribution is -2.23. The molecule has 0 aromatic heterocycles. The van der Waals surface area contributed by atoms with Gasteiger partial charge in [-0.25, -0.2) is 0 Å². The van der Waals surface area contributed by atoms with Gasteiger partial charge in [0.25, 0.3) is 0 Å². The van der Waals surface area contributed by atoms with Crippen LogP contribution in [0.4, 0.5) is 5.69 Å². The molecule has 0 aliphatic heterocycles. The number of para-hydroxylation sites is 1. The van der Waals surface area contributed by atoms with E-state index in [4.69, 9.17) is 33.3 Å². The summed E-state index contributed by atoms with van der Waals surface area (Å²) in [5, 5.41) is 8.31. The number of hydrogen-bond acceptors (Lipinski definition) is 4. The highest BCUT2D eigenvalue weighted by atomic mass is 35.5. The van der Waals surface area contributed by atoms with Crippen molar-refractivity contribution >= 4 is 40.8 Å². The quantitative estimate of drug-likeness (QED) is 0.270. The van der Waals surface area contributed by atoms with Crippen LogP contribution in [0.25, 0.3) is 0 Å². The molecule has 3 rings (SSSR count). The lowest BCUT2D eigenvalue weighted by atomic mass is 10.2. The summed E-state index contributed by atoms with van der Waals surface area (Å²) in [6, 6.07) is 22.8. The van der Waals surface area contributed by atoms with Gasteiger partial charge in [0, 0.05) is 16.3 Å². The highest BCUT2D eigenvalue weighted by Crippen LogP contribution is 2.29. The predicted octanol–water partition coefficient (Wildman–Crippen LogP) is 5.64. The van der Waals surface area contributed by atoms with Gasteiger partial charge in [0.05, 0.1) is 12.8 Å². The number of nitrogens with zero attached hydrogens (tertiary/aromatic N) is 1. The second-order valence-electron chi connectivity index (χ2n) is 6.21. The second-order valence-corrected chi connectivity index (χ2v) is 7.02. The van der Waals surface area contributed by atoms with Gasteiger partial charge in [-0.2, -0.15) is 5.10 Å². The third-order valence-electron chi connectivity index (χ3n) is 4.02. The number of anilines is 1. The van der Waals surface area contributed by atoms with Crippen LogP contribution in [0, 0.1) is 0 Å². The van der Waals surface area contributed by atoms with E-state index in [1.807, 2.05) is 79.7 Å². The van der Waals surface area contributed by atoms with Crippen LogP contribution in [0.2, 0.25) is 5.02 Å². The number of thiocarbonyl (C=S) groups is 1. The Labute approximate surface area is 186 Å². The van der Waals surface area contributed by atoms with Crippen LogP contribution < -0.4 is 20.2 Å². The Kier molecular flexibility index (Phi) is 8.06. The van der Waals surface area contributed by atoms with E-state index in [1.165, 1.54) is 0 Å². The molecule has 0 heterocycles. The monoisotopic (exact) mass is 439 g/mol. The topological polar surface area (TPSA) is 54.9 Å². The molecule has 3 aromatic rings. The van der Waals surface area contributed by atoms with Crippen molar-refractivity contribution in [1.82, 2.24) is 5.43 Å². The molecular weight excluding hydrogens is 418 g/mol. The summed E-state index contributed by atoms with van der Waals surface area (Å²) in [6.45, 7) is 2.80. The van der Waals surface area contributed by atoms with Crippen molar-refractivity contribution in [3.63, 3.8) is 0 Å². The number of nitrogens with one attached hydrogen (secondary N) is 2. The number of benzene rings is 3. The Balaban J connectivity index is 1.61. The van der Waals surface area contributed by atoms with E-state index < -0.39 is 0 Å². The van der Waals surface area contributed by atoms with Crippen LogP contribution in [0.15, 0.2) is 77.9 Å². The van der Waals surface area contributed by atoms with Crippen molar-refractivity contribution < 1.29 is 9.47 Å². The second kappa shape index (κ2) is 11.2. The molecule has 30 heavy (non-hydrogen) atoms. The van der Waals surface area contributed by atoms with Gasteiger partial charge in [0.2, 0.25) is 0 Å². The maximum Gasteiger partial charge on any atom is 0.191 e. The van der Waals surface area contributed by atoms with E-state index in [0.29, 0.717) is 34.8 Å². The van der Waals surface area contributed by atoms with Gasteiger partial charge in [0.1, 0.15) is 6.61 Å². The average molecular weight is 440 g/mol. The molecule has 0 aliphatic carbocycles. The van der Waals surface area contributed by atoms with E-state index in [-0.39, 0.29) is 0 Å². The van der Waals surface area contributed by atoms with Crippen LogP contribution in [0.1, 0.15) is 18.1 Å². The Morgan fingerprint density at radius 1 is 1.00 bits per heavy atom. The third kappa shape index (κ3) is 6.47. The minimum absolute atomic E-state index is 0.355. The molecule has 2 N–H and O–H groups in total. The first kappa shape index (κ1) is 21.6. The molecule has 0 radical (unpaired) electrons. The zero-order valence-electron chi connectivity index (χ0n) is 16.5. The molecule has 0 amide bonds. The Morgan fingerprint density at radius 3 is 2.53 bits per heavy atom. The van der Waals surface area contributed by atoms with Crippen LogP contribution in [-0.4, -0.2) is 17.9 Å². The predicted molar refractivity (Wildman–Crippen MR) is 127 cm³/mol. The number of halogens is 1. The molecule has 3 aromatic carbocycles. The van der Waals surface area contributed by atoms with E-state index >= 15 is 0 Å². The first-order chi connectivity index (χ1) is 14.7. The summed E-state index contributed by atoms with van der Waals surface area (Å²) in [7, 11) is 0. The fraction of sp³-hybridized carbons (Fsp3) is 0.130. The summed E-state index contributed by atoms with van der Waals surface area (Å²) in [5.74, 6) is 1.28. The van der Waals surface area contributed by atoms with Crippen molar-refractivity contribution in [2.45, 2.75) is 13.5 Å². The molecule has 5 nitrogen and oxygen atoms in total. The number of hydrazone groups is 1. The fourth-order valence-electron chi connectivity index (χ4n) is 2.61. The van der Waals surface area contributed by atoms with Gasteiger partial charge >= 0.3 is 0 Å². The first-order valence-electron chi connectivity index (χ1n) is 9.44. The molecule has 0 atom stereocenters. The molecule has 0 aliphatic rings. The Hall–Kier alpha value is -3.09. The van der Waals surface area contributed by atoms with Gasteiger partial charge in [-0.1, -0.05) is 48.0 Å². The van der Waals surface area contributed by atoms with E-state index in [2.05, 4.69) is 15.8 Å². The van der Waals surface area contributed by atoms with E-state index in [9.17, 15) is 0 Å². The highest BCUT2D eigenvalue weighted by molar-refractivity contribution is 7.80. The molecular formula is C23H22ClN3O2S. The van der Waals surface area contributed by atoms with E-state index in [0.717, 1.165) is 16.8 Å². The lowest BCUT2D eigenvalue weighted by molar-refractivity contribution is 0.269. The van der Waals surface area contributed by atoms with Crippen molar-refractivity contribution in [3.8, 4) is 11.5 Å². The minimum atomic E-state index is 0.355. The van der Waals surface area contributed by atoms with Gasteiger partial charge in [-0.05, 0) is 61.1 Å². The Morgan fingerprint density at radius 2 is 1.77 bits per heavy atom. The highest BCUT2D eigenvalue weighted by Gasteiger charge is 2.08. The van der Waals surface area contributed by atoms with Crippen molar-refractivity contribution in [1.29, 1.82) is 0 Å². The van der Waals surface area contributed by atoms with Crippen LogP contribution in [-0.2, 0) is 6.61 Å². The molecule has 0 saturated carbocycles. The molecule has 0 fully saturated rings.